The van der Waals surface area contributed by atoms with Crippen molar-refractivity contribution < 1.29 is 4.79 Å². The van der Waals surface area contributed by atoms with Gasteiger partial charge in [0.2, 0.25) is 5.91 Å². The van der Waals surface area contributed by atoms with Crippen molar-refractivity contribution in [2.45, 2.75) is 51.0 Å². The Morgan fingerprint density at radius 3 is 2.58 bits per heavy atom. The Labute approximate surface area is 117 Å². The van der Waals surface area contributed by atoms with Crippen LogP contribution in [0.5, 0.6) is 0 Å². The maximum Gasteiger partial charge on any atom is 0.236 e. The summed E-state index contributed by atoms with van der Waals surface area (Å²) in [6, 6.07) is 0.486. The van der Waals surface area contributed by atoms with E-state index in [1.807, 2.05) is 11.9 Å². The molecule has 1 heterocycles. The van der Waals surface area contributed by atoms with Crippen molar-refractivity contribution in [3.8, 4) is 0 Å². The van der Waals surface area contributed by atoms with Crippen LogP contribution in [-0.4, -0.2) is 61.5 Å². The van der Waals surface area contributed by atoms with Gasteiger partial charge in [0.1, 0.15) is 0 Å². The molecule has 0 atom stereocenters. The minimum Gasteiger partial charge on any atom is -0.342 e. The van der Waals surface area contributed by atoms with E-state index in [1.54, 1.807) is 0 Å². The molecule has 4 nitrogen and oxygen atoms in total. The molecule has 0 bridgehead atoms. The molecule has 1 N–H and O–H groups in total. The molecule has 2 rings (SSSR count). The first-order valence-corrected chi connectivity index (χ1v) is 7.96. The number of carbonyl (C=O) groups is 1. The molecular weight excluding hydrogens is 238 g/mol. The zero-order valence-corrected chi connectivity index (χ0v) is 12.4. The standard InChI is InChI=1S/C15H29N3O/c1-17(14-7-4-2-3-5-8-14)15(19)13-18-11-6-9-16-10-12-18/h14,16H,2-13H2,1H3. The third kappa shape index (κ3) is 4.77. The van der Waals surface area contributed by atoms with Crippen molar-refractivity contribution in [1.82, 2.24) is 15.1 Å². The summed E-state index contributed by atoms with van der Waals surface area (Å²) in [5.74, 6) is 0.314. The quantitative estimate of drug-likeness (QED) is 0.787. The fourth-order valence-corrected chi connectivity index (χ4v) is 3.21. The number of amides is 1. The van der Waals surface area contributed by atoms with Gasteiger partial charge in [-0.05, 0) is 32.4 Å². The highest BCUT2D eigenvalue weighted by molar-refractivity contribution is 5.78. The van der Waals surface area contributed by atoms with Crippen LogP contribution in [-0.2, 0) is 4.79 Å². The maximum absolute atomic E-state index is 12.4. The van der Waals surface area contributed by atoms with E-state index in [4.69, 9.17) is 0 Å². The Kier molecular flexibility index (Phi) is 6.11. The minimum atomic E-state index is 0.314. The van der Waals surface area contributed by atoms with E-state index in [2.05, 4.69) is 10.2 Å². The number of nitrogens with zero attached hydrogens (tertiary/aromatic N) is 2. The minimum absolute atomic E-state index is 0.314. The van der Waals surface area contributed by atoms with Crippen molar-refractivity contribution in [2.24, 2.45) is 0 Å². The number of hydrogen-bond donors (Lipinski definition) is 1. The van der Waals surface area contributed by atoms with Gasteiger partial charge in [0, 0.05) is 26.2 Å². The van der Waals surface area contributed by atoms with Gasteiger partial charge in [-0.15, -0.1) is 0 Å². The van der Waals surface area contributed by atoms with Gasteiger partial charge >= 0.3 is 0 Å². The zero-order valence-electron chi connectivity index (χ0n) is 12.4. The van der Waals surface area contributed by atoms with E-state index in [0.29, 0.717) is 18.5 Å². The molecule has 4 heteroatoms. The molecule has 2 fully saturated rings. The lowest BCUT2D eigenvalue weighted by atomic mass is 10.1. The zero-order chi connectivity index (χ0) is 13.5. The Bertz CT molecular complexity index is 267. The van der Waals surface area contributed by atoms with Gasteiger partial charge in [-0.1, -0.05) is 25.7 Å². The van der Waals surface area contributed by atoms with E-state index in [-0.39, 0.29) is 0 Å². The molecule has 1 amide bonds. The van der Waals surface area contributed by atoms with Crippen LogP contribution in [0.1, 0.15) is 44.9 Å². The van der Waals surface area contributed by atoms with E-state index in [0.717, 1.165) is 32.6 Å². The second kappa shape index (κ2) is 7.85. The summed E-state index contributed by atoms with van der Waals surface area (Å²) in [5, 5.41) is 3.38. The van der Waals surface area contributed by atoms with E-state index in [9.17, 15) is 4.79 Å². The molecule has 0 aromatic heterocycles. The second-order valence-corrected chi connectivity index (χ2v) is 6.03. The van der Waals surface area contributed by atoms with Gasteiger partial charge in [-0.2, -0.15) is 0 Å². The lowest BCUT2D eigenvalue weighted by molar-refractivity contribution is -0.133. The fourth-order valence-electron chi connectivity index (χ4n) is 3.21. The Morgan fingerprint density at radius 2 is 1.84 bits per heavy atom. The van der Waals surface area contributed by atoms with Gasteiger partial charge in [-0.25, -0.2) is 0 Å². The molecule has 0 spiro atoms. The topological polar surface area (TPSA) is 35.6 Å². The Hall–Kier alpha value is -0.610. The molecule has 0 unspecified atom stereocenters. The number of hydrogen-bond acceptors (Lipinski definition) is 3. The summed E-state index contributed by atoms with van der Waals surface area (Å²) in [7, 11) is 2.01. The molecule has 110 valence electrons. The van der Waals surface area contributed by atoms with Gasteiger partial charge < -0.3 is 10.2 Å². The van der Waals surface area contributed by atoms with Crippen molar-refractivity contribution >= 4 is 5.91 Å². The highest BCUT2D eigenvalue weighted by Gasteiger charge is 2.22. The molecule has 2 aliphatic rings. The van der Waals surface area contributed by atoms with Crippen molar-refractivity contribution in [3.63, 3.8) is 0 Å². The SMILES string of the molecule is CN(C(=O)CN1CCCNCC1)C1CCCCCC1. The van der Waals surface area contributed by atoms with Gasteiger partial charge in [0.25, 0.3) is 0 Å². The Balaban J connectivity index is 1.80. The smallest absolute Gasteiger partial charge is 0.236 e. The highest BCUT2D eigenvalue weighted by atomic mass is 16.2. The highest BCUT2D eigenvalue weighted by Crippen LogP contribution is 2.21. The molecule has 0 radical (unpaired) electrons. The molecule has 19 heavy (non-hydrogen) atoms. The summed E-state index contributed by atoms with van der Waals surface area (Å²) in [6.45, 7) is 4.76. The normalized spacial score (nSPS) is 23.6. The van der Waals surface area contributed by atoms with Crippen molar-refractivity contribution in [3.05, 3.63) is 0 Å². The lowest BCUT2D eigenvalue weighted by Crippen LogP contribution is -2.44. The maximum atomic E-state index is 12.4. The predicted molar refractivity (Wildman–Crippen MR) is 78.2 cm³/mol. The fraction of sp³-hybridized carbons (Fsp3) is 0.933. The largest absolute Gasteiger partial charge is 0.342 e. The van der Waals surface area contributed by atoms with Gasteiger partial charge in [0.15, 0.2) is 0 Å². The third-order valence-electron chi connectivity index (χ3n) is 4.56. The van der Waals surface area contributed by atoms with Crippen molar-refractivity contribution in [2.75, 3.05) is 39.8 Å². The monoisotopic (exact) mass is 267 g/mol. The average Bonchev–Trinajstić information content (AvgIpc) is 2.82. The number of nitrogens with one attached hydrogen (secondary N) is 1. The first-order valence-electron chi connectivity index (χ1n) is 7.96. The summed E-state index contributed by atoms with van der Waals surface area (Å²) in [4.78, 5) is 16.7. The van der Waals surface area contributed by atoms with Crippen LogP contribution in [0.3, 0.4) is 0 Å². The third-order valence-corrected chi connectivity index (χ3v) is 4.56. The first kappa shape index (κ1) is 14.8. The van der Waals surface area contributed by atoms with Crippen LogP contribution in [0.25, 0.3) is 0 Å². The molecule has 0 aromatic carbocycles. The van der Waals surface area contributed by atoms with Crippen LogP contribution in [0, 0.1) is 0 Å². The van der Waals surface area contributed by atoms with Crippen LogP contribution in [0.4, 0.5) is 0 Å². The molecule has 1 aliphatic carbocycles. The molecule has 0 aromatic rings. The molecule has 1 aliphatic heterocycles. The van der Waals surface area contributed by atoms with Crippen LogP contribution < -0.4 is 5.32 Å². The van der Waals surface area contributed by atoms with E-state index < -0.39 is 0 Å². The van der Waals surface area contributed by atoms with Crippen LogP contribution in [0.15, 0.2) is 0 Å². The number of likely N-dealkylation sites (N-methyl/N-ethyl adjacent to an activating group) is 1. The van der Waals surface area contributed by atoms with Crippen LogP contribution in [0.2, 0.25) is 0 Å². The summed E-state index contributed by atoms with van der Waals surface area (Å²) < 4.78 is 0. The predicted octanol–water partition coefficient (Wildman–Crippen LogP) is 1.46. The summed E-state index contributed by atoms with van der Waals surface area (Å²) in [6.07, 6.45) is 8.81. The van der Waals surface area contributed by atoms with Gasteiger partial charge in [-0.3, -0.25) is 9.69 Å². The molecular formula is C15H29N3O. The second-order valence-electron chi connectivity index (χ2n) is 6.03. The van der Waals surface area contributed by atoms with E-state index in [1.165, 1.54) is 38.5 Å². The van der Waals surface area contributed by atoms with Crippen LogP contribution >= 0.6 is 0 Å². The van der Waals surface area contributed by atoms with E-state index >= 15 is 0 Å². The average molecular weight is 267 g/mol. The number of carbonyl (C=O) groups excluding carboxylic acids is 1. The first-order chi connectivity index (χ1) is 9.27. The van der Waals surface area contributed by atoms with Crippen molar-refractivity contribution in [1.29, 1.82) is 0 Å². The summed E-state index contributed by atoms with van der Waals surface area (Å²) >= 11 is 0. The summed E-state index contributed by atoms with van der Waals surface area (Å²) in [5.41, 5.74) is 0. The molecule has 1 saturated heterocycles. The molecule has 1 saturated carbocycles. The Morgan fingerprint density at radius 1 is 1.11 bits per heavy atom. The van der Waals surface area contributed by atoms with Gasteiger partial charge in [0.05, 0.1) is 6.54 Å². The lowest BCUT2D eigenvalue weighted by Gasteiger charge is -2.29. The number of rotatable bonds is 3.